The van der Waals surface area contributed by atoms with Gasteiger partial charge >= 0.3 is 0 Å². The Morgan fingerprint density at radius 1 is 1.31 bits per heavy atom. The molecule has 1 N–H and O–H groups in total. The van der Waals surface area contributed by atoms with Crippen LogP contribution < -0.4 is 5.32 Å². The van der Waals surface area contributed by atoms with Gasteiger partial charge in [0.25, 0.3) is 12.5 Å². The third kappa shape index (κ3) is 2.73. The van der Waals surface area contributed by atoms with Gasteiger partial charge in [0.1, 0.15) is 0 Å². The van der Waals surface area contributed by atoms with Crippen LogP contribution in [0.3, 0.4) is 0 Å². The van der Waals surface area contributed by atoms with Crippen molar-refractivity contribution in [1.82, 2.24) is 5.32 Å². The Morgan fingerprint density at radius 3 is 2.62 bits per heavy atom. The molecule has 0 heterocycles. The SMILES string of the molecule is [C-]#[N+]CC(=O)NCc1ccc(F)c(F)c1F. The first-order chi connectivity index (χ1) is 7.56. The molecule has 1 rings (SSSR count). The molecule has 0 saturated heterocycles. The zero-order valence-electron chi connectivity index (χ0n) is 8.06. The van der Waals surface area contributed by atoms with Crippen LogP contribution in [0.25, 0.3) is 4.85 Å². The maximum absolute atomic E-state index is 13.1. The molecular formula is C10H7F3N2O. The molecule has 84 valence electrons. The number of carbonyl (C=O) groups excluding carboxylic acids is 1. The van der Waals surface area contributed by atoms with Crippen LogP contribution in [0.15, 0.2) is 12.1 Å². The molecule has 0 bridgehead atoms. The van der Waals surface area contributed by atoms with Crippen LogP contribution in [-0.4, -0.2) is 12.5 Å². The van der Waals surface area contributed by atoms with Crippen molar-refractivity contribution in [3.63, 3.8) is 0 Å². The summed E-state index contributed by atoms with van der Waals surface area (Å²) >= 11 is 0. The van der Waals surface area contributed by atoms with Gasteiger partial charge in [-0.15, -0.1) is 0 Å². The minimum atomic E-state index is -1.57. The first kappa shape index (κ1) is 12.0. The van der Waals surface area contributed by atoms with E-state index < -0.39 is 23.4 Å². The van der Waals surface area contributed by atoms with E-state index in [1.54, 1.807) is 0 Å². The molecule has 0 aliphatic rings. The van der Waals surface area contributed by atoms with Crippen LogP contribution in [0.4, 0.5) is 13.2 Å². The normalized spacial score (nSPS) is 9.62. The van der Waals surface area contributed by atoms with Gasteiger partial charge in [0.05, 0.1) is 0 Å². The average Bonchev–Trinajstić information content (AvgIpc) is 2.25. The number of hydrogen-bond acceptors (Lipinski definition) is 1. The van der Waals surface area contributed by atoms with Crippen molar-refractivity contribution >= 4 is 5.91 Å². The number of hydrogen-bond donors (Lipinski definition) is 1. The molecule has 16 heavy (non-hydrogen) atoms. The highest BCUT2D eigenvalue weighted by atomic mass is 19.2. The van der Waals surface area contributed by atoms with Crippen molar-refractivity contribution in [3.05, 3.63) is 46.6 Å². The summed E-state index contributed by atoms with van der Waals surface area (Å²) in [6.45, 7) is 5.74. The van der Waals surface area contributed by atoms with Crippen molar-refractivity contribution < 1.29 is 18.0 Å². The monoisotopic (exact) mass is 228 g/mol. The molecule has 0 atom stereocenters. The molecule has 0 unspecified atom stereocenters. The third-order valence-electron chi connectivity index (χ3n) is 1.81. The van der Waals surface area contributed by atoms with Crippen LogP contribution >= 0.6 is 0 Å². The summed E-state index contributed by atoms with van der Waals surface area (Å²) in [7, 11) is 0. The fourth-order valence-electron chi connectivity index (χ4n) is 1.02. The van der Waals surface area contributed by atoms with E-state index in [-0.39, 0.29) is 18.7 Å². The lowest BCUT2D eigenvalue weighted by molar-refractivity contribution is -0.119. The second-order valence-electron chi connectivity index (χ2n) is 2.93. The van der Waals surface area contributed by atoms with Gasteiger partial charge in [0.15, 0.2) is 17.5 Å². The third-order valence-corrected chi connectivity index (χ3v) is 1.81. The Morgan fingerprint density at radius 2 is 2.00 bits per heavy atom. The molecule has 0 aliphatic heterocycles. The number of amides is 1. The van der Waals surface area contributed by atoms with Gasteiger partial charge in [0.2, 0.25) is 0 Å². The van der Waals surface area contributed by atoms with E-state index in [4.69, 9.17) is 6.57 Å². The number of benzene rings is 1. The fourth-order valence-corrected chi connectivity index (χ4v) is 1.02. The molecule has 0 aliphatic carbocycles. The molecule has 0 radical (unpaired) electrons. The van der Waals surface area contributed by atoms with Crippen LogP contribution in [0.1, 0.15) is 5.56 Å². The summed E-state index contributed by atoms with van der Waals surface area (Å²) in [6.07, 6.45) is 0. The van der Waals surface area contributed by atoms with E-state index in [0.717, 1.165) is 12.1 Å². The van der Waals surface area contributed by atoms with Gasteiger partial charge in [-0.3, -0.25) is 4.79 Å². The number of nitrogens with one attached hydrogen (secondary N) is 1. The predicted molar refractivity (Wildman–Crippen MR) is 49.6 cm³/mol. The Hall–Kier alpha value is -2.03. The van der Waals surface area contributed by atoms with Gasteiger partial charge in [-0.05, 0) is 6.07 Å². The number of nitrogens with zero attached hydrogens (tertiary/aromatic N) is 1. The second-order valence-corrected chi connectivity index (χ2v) is 2.93. The Bertz CT molecular complexity index is 454. The Kier molecular flexibility index (Phi) is 3.89. The fraction of sp³-hybridized carbons (Fsp3) is 0.200. The number of rotatable bonds is 3. The molecule has 1 aromatic rings. The van der Waals surface area contributed by atoms with Crippen LogP contribution in [0, 0.1) is 24.0 Å². The van der Waals surface area contributed by atoms with E-state index in [0.29, 0.717) is 0 Å². The van der Waals surface area contributed by atoms with Crippen LogP contribution in [-0.2, 0) is 11.3 Å². The molecular weight excluding hydrogens is 221 g/mol. The first-order valence-corrected chi connectivity index (χ1v) is 4.28. The minimum absolute atomic E-state index is 0.169. The number of carbonyl (C=O) groups is 1. The number of halogens is 3. The summed E-state index contributed by atoms with van der Waals surface area (Å²) in [4.78, 5) is 13.7. The second kappa shape index (κ2) is 5.16. The summed E-state index contributed by atoms with van der Waals surface area (Å²) in [5, 5.41) is 2.21. The van der Waals surface area contributed by atoms with Crippen LogP contribution in [0.2, 0.25) is 0 Å². The minimum Gasteiger partial charge on any atom is -0.345 e. The maximum atomic E-state index is 13.1. The average molecular weight is 228 g/mol. The van der Waals surface area contributed by atoms with Crippen molar-refractivity contribution in [3.8, 4) is 0 Å². The van der Waals surface area contributed by atoms with Gasteiger partial charge in [0, 0.05) is 12.1 Å². The maximum Gasteiger partial charge on any atom is 0.300 e. The molecule has 1 amide bonds. The van der Waals surface area contributed by atoms with Crippen LogP contribution in [0.5, 0.6) is 0 Å². The lowest BCUT2D eigenvalue weighted by Crippen LogP contribution is -2.25. The standard InChI is InChI=1S/C10H7F3N2O/c1-14-5-8(16)15-4-6-2-3-7(11)10(13)9(6)12/h2-3H,4-5H2,(H,15,16). The van der Waals surface area contributed by atoms with Crippen molar-refractivity contribution in [2.24, 2.45) is 0 Å². The van der Waals surface area contributed by atoms with Crippen molar-refractivity contribution in [2.75, 3.05) is 6.54 Å². The van der Waals surface area contributed by atoms with E-state index in [9.17, 15) is 18.0 Å². The highest BCUT2D eigenvalue weighted by molar-refractivity contribution is 5.79. The zero-order chi connectivity index (χ0) is 12.1. The lowest BCUT2D eigenvalue weighted by Gasteiger charge is -2.04. The first-order valence-electron chi connectivity index (χ1n) is 4.28. The largest absolute Gasteiger partial charge is 0.345 e. The Balaban J connectivity index is 2.73. The topological polar surface area (TPSA) is 33.5 Å². The van der Waals surface area contributed by atoms with E-state index in [1.165, 1.54) is 0 Å². The zero-order valence-corrected chi connectivity index (χ0v) is 8.06. The summed E-state index contributed by atoms with van der Waals surface area (Å²) in [6, 6.07) is 1.81. The van der Waals surface area contributed by atoms with Gasteiger partial charge in [-0.1, -0.05) is 6.07 Å². The van der Waals surface area contributed by atoms with E-state index in [1.807, 2.05) is 0 Å². The quantitative estimate of drug-likeness (QED) is 0.619. The van der Waals surface area contributed by atoms with Gasteiger partial charge < -0.3 is 10.2 Å². The molecule has 1 aromatic carbocycles. The summed E-state index contributed by atoms with van der Waals surface area (Å²) in [5.41, 5.74) is -0.169. The summed E-state index contributed by atoms with van der Waals surface area (Å²) in [5.74, 6) is -4.78. The Labute approximate surface area is 89.7 Å². The summed E-state index contributed by atoms with van der Waals surface area (Å²) < 4.78 is 38.4. The van der Waals surface area contributed by atoms with E-state index >= 15 is 0 Å². The van der Waals surface area contributed by atoms with E-state index in [2.05, 4.69) is 10.2 Å². The molecule has 0 fully saturated rings. The van der Waals surface area contributed by atoms with Crippen molar-refractivity contribution in [1.29, 1.82) is 0 Å². The smallest absolute Gasteiger partial charge is 0.300 e. The van der Waals surface area contributed by atoms with Gasteiger partial charge in [-0.25, -0.2) is 19.7 Å². The van der Waals surface area contributed by atoms with Gasteiger partial charge in [-0.2, -0.15) is 0 Å². The molecule has 0 spiro atoms. The molecule has 6 heteroatoms. The molecule has 3 nitrogen and oxygen atoms in total. The van der Waals surface area contributed by atoms with Crippen molar-refractivity contribution in [2.45, 2.75) is 6.54 Å². The predicted octanol–water partition coefficient (Wildman–Crippen LogP) is 1.64. The highest BCUT2D eigenvalue weighted by Crippen LogP contribution is 2.14. The molecule has 0 aromatic heterocycles. The highest BCUT2D eigenvalue weighted by Gasteiger charge is 2.14. The molecule has 0 saturated carbocycles. The lowest BCUT2D eigenvalue weighted by atomic mass is 10.2.